The zero-order chi connectivity index (χ0) is 18.1. The Morgan fingerprint density at radius 1 is 0.923 bits per heavy atom. The average molecular weight is 343 g/mol. The van der Waals surface area contributed by atoms with Crippen molar-refractivity contribution in [1.29, 1.82) is 0 Å². The summed E-state index contributed by atoms with van der Waals surface area (Å²) >= 11 is 0. The largest absolute Gasteiger partial charge is 0.365 e. The van der Waals surface area contributed by atoms with Gasteiger partial charge in [-0.05, 0) is 36.8 Å². The van der Waals surface area contributed by atoms with Gasteiger partial charge in [-0.25, -0.2) is 15.0 Å². The lowest BCUT2D eigenvalue weighted by Gasteiger charge is -2.16. The second-order valence-corrected chi connectivity index (χ2v) is 6.65. The fraction of sp³-hybridized carbons (Fsp3) is 0.190. The van der Waals surface area contributed by atoms with Crippen molar-refractivity contribution >= 4 is 33.4 Å². The summed E-state index contributed by atoms with van der Waals surface area (Å²) in [4.78, 5) is 15.6. The van der Waals surface area contributed by atoms with Crippen LogP contribution in [-0.4, -0.2) is 29.0 Å². The van der Waals surface area contributed by atoms with E-state index in [0.29, 0.717) is 6.54 Å². The van der Waals surface area contributed by atoms with Crippen LogP contribution in [-0.2, 0) is 6.54 Å². The molecule has 0 radical (unpaired) electrons. The lowest BCUT2D eigenvalue weighted by molar-refractivity contribution is 1.06. The predicted octanol–water partition coefficient (Wildman–Crippen LogP) is 4.16. The SMILES string of the molecule is Cc1ccc2ncnc(NCc3cc(N(C)C)nc4ccccc34)c2c1. The summed E-state index contributed by atoms with van der Waals surface area (Å²) in [6.07, 6.45) is 1.61. The van der Waals surface area contributed by atoms with Crippen LogP contribution >= 0.6 is 0 Å². The summed E-state index contributed by atoms with van der Waals surface area (Å²) in [5, 5.41) is 5.69. The van der Waals surface area contributed by atoms with E-state index >= 15 is 0 Å². The van der Waals surface area contributed by atoms with Crippen LogP contribution in [0.5, 0.6) is 0 Å². The van der Waals surface area contributed by atoms with Gasteiger partial charge in [0.15, 0.2) is 0 Å². The third-order valence-corrected chi connectivity index (χ3v) is 4.48. The maximum absolute atomic E-state index is 4.72. The van der Waals surface area contributed by atoms with E-state index in [1.807, 2.05) is 37.2 Å². The molecule has 0 unspecified atom stereocenters. The third-order valence-electron chi connectivity index (χ3n) is 4.48. The molecule has 0 aliphatic carbocycles. The molecule has 26 heavy (non-hydrogen) atoms. The Morgan fingerprint density at radius 2 is 1.77 bits per heavy atom. The van der Waals surface area contributed by atoms with E-state index < -0.39 is 0 Å². The molecule has 0 saturated carbocycles. The quantitative estimate of drug-likeness (QED) is 0.603. The molecular formula is C21H21N5. The Kier molecular flexibility index (Phi) is 4.13. The van der Waals surface area contributed by atoms with Crippen molar-refractivity contribution in [3.63, 3.8) is 0 Å². The summed E-state index contributed by atoms with van der Waals surface area (Å²) in [6, 6.07) is 16.6. The number of nitrogens with zero attached hydrogens (tertiary/aromatic N) is 4. The molecule has 5 nitrogen and oxygen atoms in total. The van der Waals surface area contributed by atoms with Gasteiger partial charge in [0.2, 0.25) is 0 Å². The zero-order valence-electron chi connectivity index (χ0n) is 15.2. The molecule has 0 spiro atoms. The van der Waals surface area contributed by atoms with Gasteiger partial charge in [-0.15, -0.1) is 0 Å². The van der Waals surface area contributed by atoms with E-state index in [4.69, 9.17) is 4.98 Å². The molecule has 1 N–H and O–H groups in total. The maximum Gasteiger partial charge on any atom is 0.137 e. The highest BCUT2D eigenvalue weighted by Gasteiger charge is 2.09. The molecule has 4 rings (SSSR count). The van der Waals surface area contributed by atoms with Gasteiger partial charge in [-0.2, -0.15) is 0 Å². The number of hydrogen-bond donors (Lipinski definition) is 1. The Balaban J connectivity index is 1.73. The highest BCUT2D eigenvalue weighted by atomic mass is 15.1. The van der Waals surface area contributed by atoms with Gasteiger partial charge in [0.25, 0.3) is 0 Å². The van der Waals surface area contributed by atoms with Crippen molar-refractivity contribution in [1.82, 2.24) is 15.0 Å². The maximum atomic E-state index is 4.72. The molecule has 0 saturated heterocycles. The van der Waals surface area contributed by atoms with Crippen molar-refractivity contribution in [2.75, 3.05) is 24.3 Å². The molecule has 130 valence electrons. The monoisotopic (exact) mass is 343 g/mol. The van der Waals surface area contributed by atoms with Crippen LogP contribution in [0.1, 0.15) is 11.1 Å². The van der Waals surface area contributed by atoms with Crippen molar-refractivity contribution in [3.8, 4) is 0 Å². The molecule has 0 aliphatic rings. The third kappa shape index (κ3) is 3.04. The Morgan fingerprint density at radius 3 is 2.62 bits per heavy atom. The Hall–Kier alpha value is -3.21. The topological polar surface area (TPSA) is 53.9 Å². The molecule has 5 heteroatoms. The molecule has 0 amide bonds. The Bertz CT molecular complexity index is 1090. The fourth-order valence-corrected chi connectivity index (χ4v) is 3.10. The number of benzene rings is 2. The number of aryl methyl sites for hydroxylation is 1. The first kappa shape index (κ1) is 16.3. The van der Waals surface area contributed by atoms with E-state index in [1.165, 1.54) is 11.1 Å². The molecule has 2 heterocycles. The number of pyridine rings is 1. The van der Waals surface area contributed by atoms with Gasteiger partial charge in [-0.3, -0.25) is 0 Å². The normalized spacial score (nSPS) is 11.0. The van der Waals surface area contributed by atoms with Crippen LogP contribution < -0.4 is 10.2 Å². The number of para-hydroxylation sites is 1. The van der Waals surface area contributed by atoms with Crippen LogP contribution in [0.15, 0.2) is 54.9 Å². The highest BCUT2D eigenvalue weighted by Crippen LogP contribution is 2.25. The smallest absolute Gasteiger partial charge is 0.137 e. The summed E-state index contributed by atoms with van der Waals surface area (Å²) in [5.74, 6) is 1.80. The minimum atomic E-state index is 0.671. The molecule has 0 atom stereocenters. The number of anilines is 2. The summed E-state index contributed by atoms with van der Waals surface area (Å²) < 4.78 is 0. The first-order valence-corrected chi connectivity index (χ1v) is 8.63. The summed E-state index contributed by atoms with van der Waals surface area (Å²) in [6.45, 7) is 2.75. The van der Waals surface area contributed by atoms with Crippen molar-refractivity contribution < 1.29 is 0 Å². The van der Waals surface area contributed by atoms with Gasteiger partial charge < -0.3 is 10.2 Å². The second kappa shape index (κ2) is 6.59. The molecule has 0 aliphatic heterocycles. The van der Waals surface area contributed by atoms with Crippen molar-refractivity contribution in [3.05, 3.63) is 66.0 Å². The number of hydrogen-bond acceptors (Lipinski definition) is 5. The number of fused-ring (bicyclic) bond motifs is 2. The summed E-state index contributed by atoms with van der Waals surface area (Å²) in [7, 11) is 4.02. The Labute approximate surface area is 152 Å². The van der Waals surface area contributed by atoms with Crippen molar-refractivity contribution in [2.24, 2.45) is 0 Å². The minimum absolute atomic E-state index is 0.671. The van der Waals surface area contributed by atoms with E-state index in [9.17, 15) is 0 Å². The molecular weight excluding hydrogens is 322 g/mol. The zero-order valence-corrected chi connectivity index (χ0v) is 15.2. The van der Waals surface area contributed by atoms with E-state index in [0.717, 1.165) is 33.4 Å². The number of nitrogens with one attached hydrogen (secondary N) is 1. The second-order valence-electron chi connectivity index (χ2n) is 6.65. The lowest BCUT2D eigenvalue weighted by Crippen LogP contribution is -2.12. The summed E-state index contributed by atoms with van der Waals surface area (Å²) in [5.41, 5.74) is 4.33. The minimum Gasteiger partial charge on any atom is -0.365 e. The van der Waals surface area contributed by atoms with Gasteiger partial charge in [0.05, 0.1) is 11.0 Å². The van der Waals surface area contributed by atoms with Crippen LogP contribution in [0, 0.1) is 6.92 Å². The highest BCUT2D eigenvalue weighted by molar-refractivity contribution is 5.90. The first-order chi connectivity index (χ1) is 12.6. The predicted molar refractivity (Wildman–Crippen MR) is 108 cm³/mol. The molecule has 0 fully saturated rings. The number of aromatic nitrogens is 3. The molecule has 2 aromatic carbocycles. The van der Waals surface area contributed by atoms with E-state index in [2.05, 4.69) is 52.5 Å². The van der Waals surface area contributed by atoms with E-state index in [1.54, 1.807) is 6.33 Å². The van der Waals surface area contributed by atoms with Gasteiger partial charge >= 0.3 is 0 Å². The van der Waals surface area contributed by atoms with Gasteiger partial charge in [0, 0.05) is 31.4 Å². The van der Waals surface area contributed by atoms with Crippen LogP contribution in [0.2, 0.25) is 0 Å². The van der Waals surface area contributed by atoms with Crippen molar-refractivity contribution in [2.45, 2.75) is 13.5 Å². The number of rotatable bonds is 4. The van der Waals surface area contributed by atoms with Crippen LogP contribution in [0.3, 0.4) is 0 Å². The molecule has 4 aromatic rings. The van der Waals surface area contributed by atoms with E-state index in [-0.39, 0.29) is 0 Å². The first-order valence-electron chi connectivity index (χ1n) is 8.63. The average Bonchev–Trinajstić information content (AvgIpc) is 2.65. The van der Waals surface area contributed by atoms with Gasteiger partial charge in [0.1, 0.15) is 18.0 Å². The molecule has 2 aromatic heterocycles. The van der Waals surface area contributed by atoms with Crippen LogP contribution in [0.25, 0.3) is 21.8 Å². The van der Waals surface area contributed by atoms with Gasteiger partial charge in [-0.1, -0.05) is 29.8 Å². The molecule has 0 bridgehead atoms. The lowest BCUT2D eigenvalue weighted by atomic mass is 10.1. The fourth-order valence-electron chi connectivity index (χ4n) is 3.10. The standard InChI is InChI=1S/C21H21N5/c1-14-8-9-18-17(10-14)21(24-13-23-18)22-12-15-11-20(26(2)3)25-19-7-5-4-6-16(15)19/h4-11,13H,12H2,1-3H3,(H,22,23,24). The van der Waals surface area contributed by atoms with Crippen LogP contribution in [0.4, 0.5) is 11.6 Å².